The Morgan fingerprint density at radius 1 is 0.500 bits per heavy atom. The van der Waals surface area contributed by atoms with Crippen molar-refractivity contribution in [3.8, 4) is 51.6 Å². The van der Waals surface area contributed by atoms with Crippen LogP contribution in [0, 0.1) is 31.8 Å². The van der Waals surface area contributed by atoms with Crippen molar-refractivity contribution < 1.29 is 0 Å². The number of nitriles is 1. The second kappa shape index (κ2) is 12.9. The van der Waals surface area contributed by atoms with Crippen molar-refractivity contribution in [1.29, 1.82) is 5.26 Å². The number of benzene rings is 7. The number of aromatic nitrogens is 5. The molecule has 7 heteroatoms. The van der Waals surface area contributed by atoms with Crippen molar-refractivity contribution in [2.45, 2.75) is 13.8 Å². The van der Waals surface area contributed by atoms with Gasteiger partial charge in [0.1, 0.15) is 0 Å². The van der Waals surface area contributed by atoms with Gasteiger partial charge in [0.25, 0.3) is 0 Å². The molecule has 0 radical (unpaired) electrons. The monoisotopic (exact) mass is 717 g/mol. The molecule has 0 spiro atoms. The van der Waals surface area contributed by atoms with E-state index in [1.807, 2.05) is 78.9 Å². The summed E-state index contributed by atoms with van der Waals surface area (Å²) in [5.41, 5.74) is 11.3. The molecule has 3 heterocycles. The molecule has 10 rings (SSSR count). The van der Waals surface area contributed by atoms with Crippen LogP contribution in [0.1, 0.15) is 16.7 Å². The minimum Gasteiger partial charge on any atom is -0.309 e. The van der Waals surface area contributed by atoms with E-state index in [1.165, 1.54) is 0 Å². The molecule has 0 aliphatic heterocycles. The van der Waals surface area contributed by atoms with Crippen LogP contribution in [0.3, 0.4) is 0 Å². The van der Waals surface area contributed by atoms with E-state index in [9.17, 15) is 5.26 Å². The number of nitrogens with zero attached hydrogens (tertiary/aromatic N) is 7. The minimum atomic E-state index is 0.414. The number of hydrogen-bond acceptors (Lipinski definition) is 4. The lowest BCUT2D eigenvalue weighted by molar-refractivity contribution is 1.06. The molecule has 0 aliphatic carbocycles. The van der Waals surface area contributed by atoms with Crippen LogP contribution in [-0.4, -0.2) is 24.1 Å². The first kappa shape index (κ1) is 32.8. The van der Waals surface area contributed by atoms with Gasteiger partial charge in [-0.2, -0.15) is 5.26 Å². The maximum atomic E-state index is 10.2. The Kier molecular flexibility index (Phi) is 7.55. The van der Waals surface area contributed by atoms with Crippen LogP contribution < -0.4 is 0 Å². The third-order valence-electron chi connectivity index (χ3n) is 10.5. The third kappa shape index (κ3) is 5.22. The van der Waals surface area contributed by atoms with E-state index in [2.05, 4.69) is 107 Å². The molecule has 0 bridgehead atoms. The van der Waals surface area contributed by atoms with Gasteiger partial charge in [-0.1, -0.05) is 97.1 Å². The SMILES string of the molecule is [C-]#[N+]c1ccc(-n2c3ccccc3c3ccc(C)cc32)c(-c2nc(-c3ccccc3)nc(-c3cc(C#N)ccc3-n3c4ccccc4c4ccc(C)cc43)n2)c1. The van der Waals surface area contributed by atoms with Crippen molar-refractivity contribution in [3.63, 3.8) is 0 Å². The fraction of sp³-hybridized carbons (Fsp3) is 0.0408. The normalized spacial score (nSPS) is 11.4. The van der Waals surface area contributed by atoms with E-state index in [1.54, 1.807) is 0 Å². The van der Waals surface area contributed by atoms with E-state index in [4.69, 9.17) is 21.5 Å². The Labute approximate surface area is 322 Å². The first-order valence-electron chi connectivity index (χ1n) is 18.4. The van der Waals surface area contributed by atoms with Crippen LogP contribution in [0.25, 0.3) is 94.0 Å². The molecule has 3 aromatic heterocycles. The summed E-state index contributed by atoms with van der Waals surface area (Å²) in [5, 5.41) is 14.7. The second-order valence-electron chi connectivity index (χ2n) is 14.1. The van der Waals surface area contributed by atoms with E-state index < -0.39 is 0 Å². The van der Waals surface area contributed by atoms with Gasteiger partial charge in [-0.3, -0.25) is 0 Å². The minimum absolute atomic E-state index is 0.414. The van der Waals surface area contributed by atoms with Crippen LogP contribution in [0.5, 0.6) is 0 Å². The molecular weight excluding hydrogens is 687 g/mol. The Balaban J connectivity index is 1.30. The highest BCUT2D eigenvalue weighted by molar-refractivity contribution is 6.11. The summed E-state index contributed by atoms with van der Waals surface area (Å²) in [7, 11) is 0. The van der Waals surface area contributed by atoms with Gasteiger partial charge in [0, 0.05) is 38.2 Å². The number of rotatable bonds is 5. The van der Waals surface area contributed by atoms with Crippen LogP contribution in [0.15, 0.2) is 152 Å². The number of hydrogen-bond donors (Lipinski definition) is 0. The van der Waals surface area contributed by atoms with Gasteiger partial charge in [0.05, 0.1) is 51.6 Å². The number of aryl methyl sites for hydroxylation is 2. The Hall–Kier alpha value is -7.87. The summed E-state index contributed by atoms with van der Waals surface area (Å²) in [5.74, 6) is 1.31. The van der Waals surface area contributed by atoms with E-state index in [0.717, 1.165) is 71.7 Å². The fourth-order valence-corrected chi connectivity index (χ4v) is 7.96. The Bertz CT molecular complexity index is 3100. The van der Waals surface area contributed by atoms with Crippen LogP contribution in [0.2, 0.25) is 0 Å². The molecule has 0 saturated heterocycles. The molecule has 0 atom stereocenters. The molecule has 0 unspecified atom stereocenters. The zero-order valence-electron chi connectivity index (χ0n) is 30.6. The van der Waals surface area contributed by atoms with Crippen LogP contribution in [0.4, 0.5) is 5.69 Å². The predicted molar refractivity (Wildman–Crippen MR) is 225 cm³/mol. The summed E-state index contributed by atoms with van der Waals surface area (Å²) in [6.45, 7) is 12.2. The molecule has 0 N–H and O–H groups in total. The van der Waals surface area contributed by atoms with Crippen molar-refractivity contribution >= 4 is 49.3 Å². The predicted octanol–water partition coefficient (Wildman–Crippen LogP) is 12.1. The van der Waals surface area contributed by atoms with Crippen LogP contribution >= 0.6 is 0 Å². The first-order valence-corrected chi connectivity index (χ1v) is 18.4. The summed E-state index contributed by atoms with van der Waals surface area (Å²) in [6.07, 6.45) is 0. The molecule has 0 aliphatic rings. The average molecular weight is 718 g/mol. The molecule has 7 nitrogen and oxygen atoms in total. The lowest BCUT2D eigenvalue weighted by atomic mass is 10.1. The maximum Gasteiger partial charge on any atom is 0.188 e. The molecule has 262 valence electrons. The lowest BCUT2D eigenvalue weighted by Gasteiger charge is -2.17. The molecule has 10 aromatic rings. The zero-order valence-corrected chi connectivity index (χ0v) is 30.6. The largest absolute Gasteiger partial charge is 0.309 e. The third-order valence-corrected chi connectivity index (χ3v) is 10.5. The standard InChI is InChI=1S/C49H31N7/c1-30-17-21-37-35-13-7-9-15-41(35)55(45(37)25-30)43-23-19-32(29-50)27-39(43)48-52-47(33-11-5-4-6-12-33)53-49(54-48)40-28-34(51-3)20-24-44(40)56-42-16-10-8-14-36(42)38-22-18-31(2)26-46(38)56/h4-28H,1-2H3. The lowest BCUT2D eigenvalue weighted by Crippen LogP contribution is -2.06. The summed E-state index contributed by atoms with van der Waals surface area (Å²) in [6, 6.07) is 53.4. The maximum absolute atomic E-state index is 10.2. The molecular formula is C49H31N7. The number of para-hydroxylation sites is 2. The highest BCUT2D eigenvalue weighted by atomic mass is 15.1. The zero-order chi connectivity index (χ0) is 37.9. The van der Waals surface area contributed by atoms with E-state index in [0.29, 0.717) is 39.9 Å². The van der Waals surface area contributed by atoms with Gasteiger partial charge in [-0.15, -0.1) is 0 Å². The van der Waals surface area contributed by atoms with Crippen LogP contribution in [-0.2, 0) is 0 Å². The van der Waals surface area contributed by atoms with Crippen molar-refractivity contribution in [3.05, 3.63) is 180 Å². The van der Waals surface area contributed by atoms with Gasteiger partial charge >= 0.3 is 0 Å². The first-order chi connectivity index (χ1) is 27.5. The van der Waals surface area contributed by atoms with Gasteiger partial charge in [0.15, 0.2) is 23.2 Å². The summed E-state index contributed by atoms with van der Waals surface area (Å²) in [4.78, 5) is 19.4. The topological polar surface area (TPSA) is 76.7 Å². The van der Waals surface area contributed by atoms with Crippen molar-refractivity contribution in [1.82, 2.24) is 24.1 Å². The van der Waals surface area contributed by atoms with Gasteiger partial charge in [-0.05, 0) is 79.6 Å². The highest BCUT2D eigenvalue weighted by Gasteiger charge is 2.23. The molecule has 7 aromatic carbocycles. The Morgan fingerprint density at radius 3 is 1.57 bits per heavy atom. The van der Waals surface area contributed by atoms with Gasteiger partial charge < -0.3 is 9.13 Å². The van der Waals surface area contributed by atoms with E-state index in [-0.39, 0.29) is 0 Å². The van der Waals surface area contributed by atoms with E-state index >= 15 is 0 Å². The molecule has 0 amide bonds. The number of fused-ring (bicyclic) bond motifs is 6. The average Bonchev–Trinajstić information content (AvgIpc) is 3.74. The summed E-state index contributed by atoms with van der Waals surface area (Å²) < 4.78 is 4.49. The van der Waals surface area contributed by atoms with Crippen molar-refractivity contribution in [2.75, 3.05) is 0 Å². The van der Waals surface area contributed by atoms with Crippen molar-refractivity contribution in [2.24, 2.45) is 0 Å². The fourth-order valence-electron chi connectivity index (χ4n) is 7.96. The smallest absolute Gasteiger partial charge is 0.188 e. The Morgan fingerprint density at radius 2 is 1.00 bits per heavy atom. The summed E-state index contributed by atoms with van der Waals surface area (Å²) >= 11 is 0. The van der Waals surface area contributed by atoms with Gasteiger partial charge in [-0.25, -0.2) is 19.8 Å². The second-order valence-corrected chi connectivity index (χ2v) is 14.1. The molecule has 0 saturated carbocycles. The molecule has 56 heavy (non-hydrogen) atoms. The quantitative estimate of drug-likeness (QED) is 0.166. The molecule has 0 fully saturated rings. The van der Waals surface area contributed by atoms with Gasteiger partial charge in [0.2, 0.25) is 0 Å². The highest BCUT2D eigenvalue weighted by Crippen LogP contribution is 2.40.